The van der Waals surface area contributed by atoms with Crippen molar-refractivity contribution in [2.24, 2.45) is 0 Å². The van der Waals surface area contributed by atoms with E-state index < -0.39 is 6.10 Å². The molecule has 1 aliphatic rings. The zero-order valence-electron chi connectivity index (χ0n) is 15.4. The summed E-state index contributed by atoms with van der Waals surface area (Å²) >= 11 is 0. The number of carbonyl (C=O) groups excluding carboxylic acids is 2. The van der Waals surface area contributed by atoms with Crippen LogP contribution in [0.4, 0.5) is 0 Å². The zero-order valence-corrected chi connectivity index (χ0v) is 15.4. The van der Waals surface area contributed by atoms with Crippen LogP contribution in [0.25, 0.3) is 11.0 Å². The average molecular weight is 358 g/mol. The molecule has 0 radical (unpaired) electrons. The van der Waals surface area contributed by atoms with E-state index >= 15 is 0 Å². The summed E-state index contributed by atoms with van der Waals surface area (Å²) in [5.74, 6) is 0.694. The Hall–Kier alpha value is -2.41. The summed E-state index contributed by atoms with van der Waals surface area (Å²) in [6, 6.07) is 7.95. The summed E-state index contributed by atoms with van der Waals surface area (Å²) in [5, 5.41) is 2.91. The minimum atomic E-state index is -0.426. The van der Waals surface area contributed by atoms with E-state index in [0.29, 0.717) is 19.6 Å². The van der Waals surface area contributed by atoms with Gasteiger partial charge in [-0.25, -0.2) is 4.98 Å². The van der Waals surface area contributed by atoms with Crippen LogP contribution in [0.2, 0.25) is 0 Å². The molecule has 26 heavy (non-hydrogen) atoms. The van der Waals surface area contributed by atoms with Crippen molar-refractivity contribution in [3.05, 3.63) is 30.1 Å². The van der Waals surface area contributed by atoms with Crippen LogP contribution in [0.1, 0.15) is 25.1 Å². The fourth-order valence-electron chi connectivity index (χ4n) is 3.46. The largest absolute Gasteiger partial charge is 0.372 e. The molecule has 2 heterocycles. The lowest BCUT2D eigenvalue weighted by atomic mass is 10.2. The van der Waals surface area contributed by atoms with E-state index in [-0.39, 0.29) is 18.4 Å². The summed E-state index contributed by atoms with van der Waals surface area (Å²) < 4.78 is 7.34. The Labute approximate surface area is 153 Å². The molecule has 1 N–H and O–H groups in total. The van der Waals surface area contributed by atoms with E-state index in [9.17, 15) is 9.59 Å². The molecule has 0 aliphatic carbocycles. The number of aromatic nitrogens is 2. The maximum absolute atomic E-state index is 12.4. The molecule has 0 spiro atoms. The Bertz CT molecular complexity index is 786. The molecule has 1 saturated heterocycles. The first-order valence-corrected chi connectivity index (χ1v) is 9.10. The standard InChI is InChI=1S/C19H26N4O3/c1-14-21-15-7-3-4-8-16(15)23(14)12-10-20-18(24)13-22-11-6-5-9-17(26-2)19(22)25/h3-4,7-8,17H,5-6,9-13H2,1-2H3,(H,20,24). The van der Waals surface area contributed by atoms with Gasteiger partial charge in [0, 0.05) is 26.7 Å². The monoisotopic (exact) mass is 358 g/mol. The van der Waals surface area contributed by atoms with Crippen molar-refractivity contribution in [2.45, 2.75) is 38.8 Å². The first-order valence-electron chi connectivity index (χ1n) is 9.10. The van der Waals surface area contributed by atoms with E-state index in [1.54, 1.807) is 12.0 Å². The van der Waals surface area contributed by atoms with Crippen molar-refractivity contribution >= 4 is 22.8 Å². The van der Waals surface area contributed by atoms with Gasteiger partial charge in [0.05, 0.1) is 17.6 Å². The molecule has 1 aromatic carbocycles. The van der Waals surface area contributed by atoms with Crippen molar-refractivity contribution in [1.82, 2.24) is 19.8 Å². The number of aryl methyl sites for hydroxylation is 1. The highest BCUT2D eigenvalue weighted by Crippen LogP contribution is 2.15. The molecule has 140 valence electrons. The average Bonchev–Trinajstić information content (AvgIpc) is 2.84. The molecule has 7 heteroatoms. The normalized spacial score (nSPS) is 18.2. The van der Waals surface area contributed by atoms with E-state index in [0.717, 1.165) is 36.1 Å². The number of para-hydroxylation sites is 2. The number of hydrogen-bond donors (Lipinski definition) is 1. The van der Waals surface area contributed by atoms with Crippen LogP contribution in [0.15, 0.2) is 24.3 Å². The molecule has 2 aromatic rings. The molecule has 3 rings (SSSR count). The van der Waals surface area contributed by atoms with Gasteiger partial charge >= 0.3 is 0 Å². The van der Waals surface area contributed by atoms with E-state index in [1.165, 1.54) is 0 Å². The number of imidazole rings is 1. The van der Waals surface area contributed by atoms with Crippen molar-refractivity contribution < 1.29 is 14.3 Å². The number of rotatable bonds is 6. The van der Waals surface area contributed by atoms with Gasteiger partial charge in [-0.05, 0) is 38.3 Å². The zero-order chi connectivity index (χ0) is 18.5. The number of nitrogens with one attached hydrogen (secondary N) is 1. The van der Waals surface area contributed by atoms with E-state index in [4.69, 9.17) is 4.74 Å². The molecule has 1 fully saturated rings. The fraction of sp³-hybridized carbons (Fsp3) is 0.526. The second-order valence-corrected chi connectivity index (χ2v) is 6.63. The molecule has 1 aromatic heterocycles. The van der Waals surface area contributed by atoms with Gasteiger partial charge in [-0.15, -0.1) is 0 Å². The van der Waals surface area contributed by atoms with Crippen LogP contribution in [0.3, 0.4) is 0 Å². The van der Waals surface area contributed by atoms with Gasteiger partial charge in [-0.2, -0.15) is 0 Å². The van der Waals surface area contributed by atoms with Crippen LogP contribution in [-0.2, 0) is 20.9 Å². The Kier molecular flexibility index (Phi) is 5.88. The molecule has 1 atom stereocenters. The minimum absolute atomic E-state index is 0.0857. The molecule has 1 aliphatic heterocycles. The highest BCUT2D eigenvalue weighted by atomic mass is 16.5. The molecule has 0 saturated carbocycles. The number of carbonyl (C=O) groups is 2. The summed E-state index contributed by atoms with van der Waals surface area (Å²) in [5.41, 5.74) is 2.02. The molecule has 2 amide bonds. The van der Waals surface area contributed by atoms with Crippen LogP contribution < -0.4 is 5.32 Å². The smallest absolute Gasteiger partial charge is 0.252 e. The number of amides is 2. The number of benzene rings is 1. The summed E-state index contributed by atoms with van der Waals surface area (Å²) in [6.45, 7) is 3.80. The SMILES string of the molecule is COC1CCCCN(CC(=O)NCCn2c(C)nc3ccccc32)C1=O. The van der Waals surface area contributed by atoms with E-state index in [1.807, 2.05) is 31.2 Å². The lowest BCUT2D eigenvalue weighted by Crippen LogP contribution is -2.45. The molecule has 0 bridgehead atoms. The van der Waals surface area contributed by atoms with Gasteiger partial charge in [0.15, 0.2) is 0 Å². The van der Waals surface area contributed by atoms with E-state index in [2.05, 4.69) is 14.9 Å². The maximum atomic E-state index is 12.4. The summed E-state index contributed by atoms with van der Waals surface area (Å²) in [6.07, 6.45) is 2.14. The van der Waals surface area contributed by atoms with Crippen LogP contribution in [0.5, 0.6) is 0 Å². The quantitative estimate of drug-likeness (QED) is 0.849. The lowest BCUT2D eigenvalue weighted by molar-refractivity contribution is -0.144. The maximum Gasteiger partial charge on any atom is 0.252 e. The van der Waals surface area contributed by atoms with Gasteiger partial charge < -0.3 is 19.5 Å². The Morgan fingerprint density at radius 3 is 2.96 bits per heavy atom. The van der Waals surface area contributed by atoms with Crippen LogP contribution in [0, 0.1) is 6.92 Å². The van der Waals surface area contributed by atoms with Gasteiger partial charge in [0.25, 0.3) is 5.91 Å². The second kappa shape index (κ2) is 8.31. The van der Waals surface area contributed by atoms with Crippen molar-refractivity contribution in [3.8, 4) is 0 Å². The molecular formula is C19H26N4O3. The molecular weight excluding hydrogens is 332 g/mol. The summed E-state index contributed by atoms with van der Waals surface area (Å²) in [4.78, 5) is 30.8. The fourth-order valence-corrected chi connectivity index (χ4v) is 3.46. The number of likely N-dealkylation sites (tertiary alicyclic amines) is 1. The summed E-state index contributed by atoms with van der Waals surface area (Å²) in [7, 11) is 1.55. The Balaban J connectivity index is 1.54. The highest BCUT2D eigenvalue weighted by molar-refractivity contribution is 5.87. The second-order valence-electron chi connectivity index (χ2n) is 6.63. The molecule has 7 nitrogen and oxygen atoms in total. The predicted octanol–water partition coefficient (Wildman–Crippen LogP) is 1.49. The number of nitrogens with zero attached hydrogens (tertiary/aromatic N) is 3. The Morgan fingerprint density at radius 1 is 1.35 bits per heavy atom. The van der Waals surface area contributed by atoms with Crippen LogP contribution >= 0.6 is 0 Å². The first-order chi connectivity index (χ1) is 12.6. The van der Waals surface area contributed by atoms with Gasteiger partial charge in [-0.3, -0.25) is 9.59 Å². The lowest BCUT2D eigenvalue weighted by Gasteiger charge is -2.23. The minimum Gasteiger partial charge on any atom is -0.372 e. The number of ether oxygens (including phenoxy) is 1. The third-order valence-electron chi connectivity index (χ3n) is 4.85. The van der Waals surface area contributed by atoms with Crippen LogP contribution in [-0.4, -0.2) is 59.1 Å². The van der Waals surface area contributed by atoms with Gasteiger partial charge in [-0.1, -0.05) is 12.1 Å². The predicted molar refractivity (Wildman–Crippen MR) is 98.7 cm³/mol. The highest BCUT2D eigenvalue weighted by Gasteiger charge is 2.27. The third kappa shape index (κ3) is 4.04. The van der Waals surface area contributed by atoms with Gasteiger partial charge in [0.2, 0.25) is 5.91 Å². The third-order valence-corrected chi connectivity index (χ3v) is 4.85. The van der Waals surface area contributed by atoms with Gasteiger partial charge in [0.1, 0.15) is 11.9 Å². The number of hydrogen-bond acceptors (Lipinski definition) is 4. The Morgan fingerprint density at radius 2 is 2.15 bits per heavy atom. The molecule has 1 unspecified atom stereocenters. The number of methoxy groups -OCH3 is 1. The topological polar surface area (TPSA) is 76.5 Å². The first kappa shape index (κ1) is 18.4. The van der Waals surface area contributed by atoms with Crippen molar-refractivity contribution in [1.29, 1.82) is 0 Å². The number of fused-ring (bicyclic) bond motifs is 1. The van der Waals surface area contributed by atoms with Crippen molar-refractivity contribution in [2.75, 3.05) is 26.7 Å². The van der Waals surface area contributed by atoms with Crippen molar-refractivity contribution in [3.63, 3.8) is 0 Å².